The van der Waals surface area contributed by atoms with Crippen molar-refractivity contribution in [3.05, 3.63) is 60.7 Å². The molecule has 0 saturated carbocycles. The molecule has 0 heterocycles. The summed E-state index contributed by atoms with van der Waals surface area (Å²) in [6.45, 7) is 3.68. The largest absolute Gasteiger partial charge is 0.344 e. The molecule has 0 unspecified atom stereocenters. The average molecular weight is 281 g/mol. The molecule has 21 heavy (non-hydrogen) atoms. The minimum Gasteiger partial charge on any atom is -0.344 e. The topological polar surface area (TPSA) is 70.6 Å². The van der Waals surface area contributed by atoms with E-state index < -0.39 is 11.8 Å². The van der Waals surface area contributed by atoms with Crippen molar-refractivity contribution >= 4 is 28.8 Å². The number of rotatable bonds is 4. The summed E-state index contributed by atoms with van der Waals surface area (Å²) in [5.74, 6) is -1.56. The van der Waals surface area contributed by atoms with Gasteiger partial charge in [0.1, 0.15) is 0 Å². The van der Waals surface area contributed by atoms with Crippen molar-refractivity contribution in [3.63, 3.8) is 0 Å². The van der Waals surface area contributed by atoms with E-state index in [1.54, 1.807) is 0 Å². The Morgan fingerprint density at radius 3 is 2.67 bits per heavy atom. The summed E-state index contributed by atoms with van der Waals surface area (Å²) in [5, 5.41) is 8.28. The SMILES string of the molecule is C=CCNC(=O)C(=O)NN=Cc1cccc2ccccc12. The Kier molecular flexibility index (Phi) is 4.82. The number of hydrogen-bond acceptors (Lipinski definition) is 3. The molecule has 2 N–H and O–H groups in total. The minimum atomic E-state index is -0.812. The van der Waals surface area contributed by atoms with Gasteiger partial charge in [0, 0.05) is 12.1 Å². The van der Waals surface area contributed by atoms with Crippen LogP contribution in [0.5, 0.6) is 0 Å². The molecule has 5 nitrogen and oxygen atoms in total. The van der Waals surface area contributed by atoms with Gasteiger partial charge in [-0.1, -0.05) is 48.5 Å². The lowest BCUT2D eigenvalue weighted by Gasteiger charge is -2.02. The highest BCUT2D eigenvalue weighted by atomic mass is 16.2. The van der Waals surface area contributed by atoms with Crippen LogP contribution < -0.4 is 10.7 Å². The number of fused-ring (bicyclic) bond motifs is 1. The highest BCUT2D eigenvalue weighted by Gasteiger charge is 2.10. The van der Waals surface area contributed by atoms with Crippen LogP contribution in [0.1, 0.15) is 5.56 Å². The van der Waals surface area contributed by atoms with E-state index in [0.29, 0.717) is 0 Å². The fraction of sp³-hybridized carbons (Fsp3) is 0.0625. The maximum Gasteiger partial charge on any atom is 0.329 e. The fourth-order valence-corrected chi connectivity index (χ4v) is 1.82. The van der Waals surface area contributed by atoms with Crippen LogP contribution in [0.15, 0.2) is 60.2 Å². The molecule has 0 spiro atoms. The Bertz CT molecular complexity index is 702. The minimum absolute atomic E-state index is 0.235. The molecule has 0 saturated heterocycles. The zero-order chi connectivity index (χ0) is 15.1. The Morgan fingerprint density at radius 2 is 1.86 bits per heavy atom. The first-order valence-corrected chi connectivity index (χ1v) is 6.42. The van der Waals surface area contributed by atoms with Gasteiger partial charge in [-0.3, -0.25) is 9.59 Å². The zero-order valence-corrected chi connectivity index (χ0v) is 11.4. The monoisotopic (exact) mass is 281 g/mol. The quantitative estimate of drug-likeness (QED) is 0.387. The van der Waals surface area contributed by atoms with E-state index in [0.717, 1.165) is 16.3 Å². The van der Waals surface area contributed by atoms with Gasteiger partial charge < -0.3 is 5.32 Å². The maximum absolute atomic E-state index is 11.4. The van der Waals surface area contributed by atoms with Gasteiger partial charge in [-0.15, -0.1) is 6.58 Å². The third-order valence-electron chi connectivity index (χ3n) is 2.81. The summed E-state index contributed by atoms with van der Waals surface area (Å²) in [6.07, 6.45) is 3.01. The number of hydrogen-bond donors (Lipinski definition) is 2. The molecule has 0 radical (unpaired) electrons. The number of carbonyl (C=O) groups excluding carboxylic acids is 2. The van der Waals surface area contributed by atoms with Crippen molar-refractivity contribution in [1.29, 1.82) is 0 Å². The van der Waals surface area contributed by atoms with Crippen LogP contribution in [0.25, 0.3) is 10.8 Å². The van der Waals surface area contributed by atoms with Crippen LogP contribution >= 0.6 is 0 Å². The molecule has 0 atom stereocenters. The standard InChI is InChI=1S/C16H15N3O2/c1-2-10-17-15(20)16(21)19-18-11-13-8-5-7-12-6-3-4-9-14(12)13/h2-9,11H,1,10H2,(H,17,20)(H,19,21). The summed E-state index contributed by atoms with van der Waals surface area (Å²) >= 11 is 0. The van der Waals surface area contributed by atoms with E-state index in [1.165, 1.54) is 12.3 Å². The van der Waals surface area contributed by atoms with Crippen LogP contribution in [0, 0.1) is 0 Å². The highest BCUT2D eigenvalue weighted by Crippen LogP contribution is 2.16. The number of benzene rings is 2. The van der Waals surface area contributed by atoms with Gasteiger partial charge in [0.2, 0.25) is 0 Å². The summed E-state index contributed by atoms with van der Waals surface area (Å²) in [6, 6.07) is 13.6. The van der Waals surface area contributed by atoms with Gasteiger partial charge in [0.05, 0.1) is 6.21 Å². The van der Waals surface area contributed by atoms with E-state index in [9.17, 15) is 9.59 Å². The number of nitrogens with one attached hydrogen (secondary N) is 2. The molecule has 0 aliphatic carbocycles. The molecule has 0 aliphatic heterocycles. The molecule has 2 rings (SSSR count). The Labute approximate surface area is 122 Å². The van der Waals surface area contributed by atoms with Gasteiger partial charge in [-0.25, -0.2) is 5.43 Å². The lowest BCUT2D eigenvalue weighted by molar-refractivity contribution is -0.139. The Morgan fingerprint density at radius 1 is 1.10 bits per heavy atom. The van der Waals surface area contributed by atoms with E-state index in [-0.39, 0.29) is 6.54 Å². The molecule has 2 aromatic carbocycles. The van der Waals surface area contributed by atoms with Gasteiger partial charge >= 0.3 is 11.8 Å². The van der Waals surface area contributed by atoms with Crippen LogP contribution in [-0.2, 0) is 9.59 Å². The third kappa shape index (κ3) is 3.76. The molecule has 2 amide bonds. The van der Waals surface area contributed by atoms with Crippen molar-refractivity contribution in [2.45, 2.75) is 0 Å². The second-order valence-electron chi connectivity index (χ2n) is 4.27. The van der Waals surface area contributed by atoms with Crippen LogP contribution in [-0.4, -0.2) is 24.6 Å². The predicted molar refractivity (Wildman–Crippen MR) is 82.9 cm³/mol. The van der Waals surface area contributed by atoms with Crippen molar-refractivity contribution < 1.29 is 9.59 Å². The van der Waals surface area contributed by atoms with Crippen molar-refractivity contribution in [2.75, 3.05) is 6.54 Å². The molecular weight excluding hydrogens is 266 g/mol. The van der Waals surface area contributed by atoms with Crippen LogP contribution in [0.4, 0.5) is 0 Å². The van der Waals surface area contributed by atoms with E-state index in [2.05, 4.69) is 22.4 Å². The first-order chi connectivity index (χ1) is 10.2. The Hall–Kier alpha value is -2.95. The van der Waals surface area contributed by atoms with Crippen LogP contribution in [0.2, 0.25) is 0 Å². The maximum atomic E-state index is 11.4. The number of hydrazone groups is 1. The smallest absolute Gasteiger partial charge is 0.329 e. The first-order valence-electron chi connectivity index (χ1n) is 6.42. The Balaban J connectivity index is 2.05. The lowest BCUT2D eigenvalue weighted by atomic mass is 10.1. The zero-order valence-electron chi connectivity index (χ0n) is 11.4. The van der Waals surface area contributed by atoms with E-state index in [4.69, 9.17) is 0 Å². The molecule has 0 bridgehead atoms. The highest BCUT2D eigenvalue weighted by molar-refractivity contribution is 6.35. The summed E-state index contributed by atoms with van der Waals surface area (Å²) in [7, 11) is 0. The average Bonchev–Trinajstić information content (AvgIpc) is 2.52. The summed E-state index contributed by atoms with van der Waals surface area (Å²) in [4.78, 5) is 22.7. The van der Waals surface area contributed by atoms with Gasteiger partial charge in [0.15, 0.2) is 0 Å². The second kappa shape index (κ2) is 7.00. The molecule has 0 fully saturated rings. The first kappa shape index (κ1) is 14.5. The molecule has 2 aromatic rings. The van der Waals surface area contributed by atoms with E-state index >= 15 is 0 Å². The molecule has 106 valence electrons. The molecule has 5 heteroatoms. The fourth-order valence-electron chi connectivity index (χ4n) is 1.82. The second-order valence-corrected chi connectivity index (χ2v) is 4.27. The van der Waals surface area contributed by atoms with Gasteiger partial charge in [-0.05, 0) is 10.8 Å². The lowest BCUT2D eigenvalue weighted by Crippen LogP contribution is -2.37. The normalized spacial score (nSPS) is 10.5. The van der Waals surface area contributed by atoms with Gasteiger partial charge in [0.25, 0.3) is 0 Å². The van der Waals surface area contributed by atoms with Crippen molar-refractivity contribution in [3.8, 4) is 0 Å². The number of nitrogens with zero attached hydrogens (tertiary/aromatic N) is 1. The van der Waals surface area contributed by atoms with Crippen molar-refractivity contribution in [2.24, 2.45) is 5.10 Å². The molecular formula is C16H15N3O2. The summed E-state index contributed by atoms with van der Waals surface area (Å²) in [5.41, 5.74) is 3.05. The molecule has 0 aliphatic rings. The number of carbonyl (C=O) groups is 2. The number of amides is 2. The summed E-state index contributed by atoms with van der Waals surface area (Å²) < 4.78 is 0. The predicted octanol–water partition coefficient (Wildman–Crippen LogP) is 1.59. The van der Waals surface area contributed by atoms with Crippen molar-refractivity contribution in [1.82, 2.24) is 10.7 Å². The molecule has 0 aromatic heterocycles. The van der Waals surface area contributed by atoms with Crippen LogP contribution in [0.3, 0.4) is 0 Å². The van der Waals surface area contributed by atoms with Gasteiger partial charge in [-0.2, -0.15) is 5.10 Å². The van der Waals surface area contributed by atoms with E-state index in [1.807, 2.05) is 42.5 Å². The third-order valence-corrected chi connectivity index (χ3v) is 2.81.